The SMILES string of the molecule is CCCCOc1ccc(-c2cc(C(=O)NCc3c(C)cc(C)[nH]c3=O)c(C)c(N(CC)C3CCC(N(C)C)CC3)c2)cc1.CCN(c1cc(-c2ccc(CN3CCOCC3)cc2)cc(C(=O)CCC2=C(C)C=C(C)CC2=O)c1C)C1CCOCC1.CCN(c1cc(C#CCN2CCCCC2)cc(C(=O)NCc2c(C)cc(C)[nH]c2=O)c1C)C1CCC(N(C)CCOC)CC1. The van der Waals surface area contributed by atoms with E-state index in [9.17, 15) is 28.8 Å². The van der Waals surface area contributed by atoms with E-state index in [0.29, 0.717) is 78.3 Å². The van der Waals surface area contributed by atoms with Gasteiger partial charge in [0, 0.05) is 184 Å². The maximum absolute atomic E-state index is 13.9. The molecule has 6 aliphatic rings. The smallest absolute Gasteiger partial charge is 0.253 e. The first kappa shape index (κ1) is 99.8. The predicted molar refractivity (Wildman–Crippen MR) is 526 cm³/mol. The zero-order valence-corrected chi connectivity index (χ0v) is 80.9. The van der Waals surface area contributed by atoms with E-state index in [-0.39, 0.29) is 47.6 Å². The van der Waals surface area contributed by atoms with Crippen LogP contribution in [0.2, 0.25) is 0 Å². The number of hydrogen-bond donors (Lipinski definition) is 4. The molecule has 2 amide bonds. The summed E-state index contributed by atoms with van der Waals surface area (Å²) in [6, 6.07) is 35.9. The third-order valence-electron chi connectivity index (χ3n) is 27.6. The molecule has 3 aliphatic carbocycles. The van der Waals surface area contributed by atoms with Gasteiger partial charge in [0.05, 0.1) is 33.0 Å². The van der Waals surface area contributed by atoms with Crippen molar-refractivity contribution in [1.29, 1.82) is 0 Å². The maximum Gasteiger partial charge on any atom is 0.253 e. The Labute approximate surface area is 769 Å². The second-order valence-electron chi connectivity index (χ2n) is 36.9. The Hall–Kier alpha value is -9.76. The molecule has 0 spiro atoms. The molecule has 3 saturated heterocycles. The van der Waals surface area contributed by atoms with Crippen molar-refractivity contribution in [3.05, 3.63) is 219 Å². The highest BCUT2D eigenvalue weighted by Crippen LogP contribution is 2.40. The zero-order valence-electron chi connectivity index (χ0n) is 80.9. The van der Waals surface area contributed by atoms with Crippen molar-refractivity contribution in [2.24, 2.45) is 0 Å². The molecule has 696 valence electrons. The van der Waals surface area contributed by atoms with Crippen molar-refractivity contribution in [2.45, 2.75) is 255 Å². The molecule has 0 bridgehead atoms. The molecule has 5 fully saturated rings. The second kappa shape index (κ2) is 48.9. The third kappa shape index (κ3) is 27.2. The van der Waals surface area contributed by atoms with Crippen molar-refractivity contribution in [3.63, 3.8) is 0 Å². The normalized spacial score (nSPS) is 18.2. The van der Waals surface area contributed by atoms with Gasteiger partial charge in [-0.05, 0) is 335 Å². The lowest BCUT2D eigenvalue weighted by atomic mass is 9.87. The van der Waals surface area contributed by atoms with Crippen molar-refractivity contribution in [2.75, 3.05) is 141 Å². The number of ether oxygens (including phenoxy) is 4. The van der Waals surface area contributed by atoms with Crippen LogP contribution in [0.1, 0.15) is 250 Å². The minimum Gasteiger partial charge on any atom is -0.494 e. The minimum absolute atomic E-state index is 0.0990. The van der Waals surface area contributed by atoms with Crippen LogP contribution in [0, 0.1) is 60.3 Å². The number of allylic oxidation sites excluding steroid dienone is 4. The number of pyridine rings is 2. The largest absolute Gasteiger partial charge is 0.494 e. The number of aromatic amines is 2. The van der Waals surface area contributed by atoms with Crippen molar-refractivity contribution < 1.29 is 38.1 Å². The van der Waals surface area contributed by atoms with Gasteiger partial charge in [0.15, 0.2) is 11.6 Å². The summed E-state index contributed by atoms with van der Waals surface area (Å²) in [6.45, 7) is 40.8. The number of likely N-dealkylation sites (tertiary alicyclic amines) is 1. The molecular weight excluding hydrogens is 1610 g/mol. The first-order chi connectivity index (χ1) is 62.2. The topological polar surface area (TPSA) is 218 Å². The molecule has 0 radical (unpaired) electrons. The molecule has 3 aliphatic heterocycles. The molecule has 21 heteroatoms. The number of nitrogens with zero attached hydrogens (tertiary/aromatic N) is 7. The van der Waals surface area contributed by atoms with Crippen LogP contribution in [-0.2, 0) is 38.6 Å². The highest BCUT2D eigenvalue weighted by Gasteiger charge is 2.33. The monoisotopic (exact) mass is 1760 g/mol. The van der Waals surface area contributed by atoms with Crippen LogP contribution in [0.4, 0.5) is 17.1 Å². The summed E-state index contributed by atoms with van der Waals surface area (Å²) in [4.78, 5) is 102. The number of unbranched alkanes of at least 4 members (excludes halogenated alkanes) is 1. The molecule has 0 atom stereocenters. The molecule has 0 unspecified atom stereocenters. The van der Waals surface area contributed by atoms with E-state index in [1.165, 1.54) is 37.7 Å². The Morgan fingerprint density at radius 2 is 1.02 bits per heavy atom. The Morgan fingerprint density at radius 1 is 0.527 bits per heavy atom. The lowest BCUT2D eigenvalue weighted by Gasteiger charge is -2.41. The summed E-state index contributed by atoms with van der Waals surface area (Å²) in [5.74, 6) is 7.56. The van der Waals surface area contributed by atoms with Crippen LogP contribution in [0.3, 0.4) is 0 Å². The van der Waals surface area contributed by atoms with Crippen LogP contribution in [0.5, 0.6) is 5.75 Å². The Kier molecular flexibility index (Phi) is 37.9. The molecule has 7 aromatic rings. The summed E-state index contributed by atoms with van der Waals surface area (Å²) in [7, 11) is 8.31. The average molecular weight is 1760 g/mol. The van der Waals surface area contributed by atoms with Crippen LogP contribution >= 0.6 is 0 Å². The molecule has 5 heterocycles. The first-order valence-corrected chi connectivity index (χ1v) is 48.1. The van der Waals surface area contributed by atoms with Crippen molar-refractivity contribution in [3.8, 4) is 39.8 Å². The van der Waals surface area contributed by atoms with E-state index in [2.05, 4.69) is 196 Å². The number of likely N-dealkylation sites (N-methyl/N-ethyl adjacent to an activating group) is 1. The van der Waals surface area contributed by atoms with Gasteiger partial charge in [-0.1, -0.05) is 79.7 Å². The number of ketones is 2. The Bertz CT molecular complexity index is 5170. The number of morpholine rings is 1. The third-order valence-corrected chi connectivity index (χ3v) is 27.6. The summed E-state index contributed by atoms with van der Waals surface area (Å²) < 4.78 is 22.4. The maximum atomic E-state index is 13.9. The van der Waals surface area contributed by atoms with Gasteiger partial charge in [-0.25, -0.2) is 0 Å². The number of carbonyl (C=O) groups is 4. The number of anilines is 3. The van der Waals surface area contributed by atoms with E-state index in [0.717, 1.165) is 275 Å². The standard InChI is InChI=1S/C36H53N5O3.C36H50N4O3.C36H46N2O4/c1-7-41(31-15-13-30(14-16-31)39(5)20-21-44-6)34-24-29(12-11-19-40-17-9-8-10-18-40)23-32(28(34)4)35(42)37-25-33-26(2)22-27(3)38-36(33)43;1-8-10-19-43-31-17-11-27(12-18-31)28-21-32(35(41)37-23-33-24(3)20-25(4)38-36(33)42)26(5)34(22-28)40(9-2)30-15-13-29(14-16-30)39(6)7;1-5-38(31-12-16-41-17-13-31)34-23-30(29-8-6-28(7-9-29)24-37-14-18-42-19-15-37)22-33(27(34)4)35(39)11-10-32-26(3)20-25(2)21-36(32)40/h22-24,30-31H,7-10,13-21,25H2,1-6H3,(H,37,42)(H,38,43);11-12,17-18,20-22,29-30H,8-10,13-16,19,23H2,1-7H3,(H,37,41)(H,38,42);6-9,20,22-23,31H,5,10-19,21,24H2,1-4H3. The van der Waals surface area contributed by atoms with Gasteiger partial charge >= 0.3 is 0 Å². The van der Waals surface area contributed by atoms with E-state index in [1.807, 2.05) is 84.9 Å². The Balaban J connectivity index is 0.000000187. The van der Waals surface area contributed by atoms with Gasteiger partial charge in [-0.15, -0.1) is 0 Å². The molecule has 13 rings (SSSR count). The number of hydrogen-bond acceptors (Lipinski definition) is 17. The molecule has 129 heavy (non-hydrogen) atoms. The van der Waals surface area contributed by atoms with Gasteiger partial charge < -0.3 is 64.0 Å². The summed E-state index contributed by atoms with van der Waals surface area (Å²) in [5, 5.41) is 6.09. The highest BCUT2D eigenvalue weighted by molar-refractivity contribution is 6.04. The summed E-state index contributed by atoms with van der Waals surface area (Å²) in [5.41, 5.74) is 21.8. The quantitative estimate of drug-likeness (QED) is 0.0171. The van der Waals surface area contributed by atoms with Gasteiger partial charge in [0.2, 0.25) is 0 Å². The highest BCUT2D eigenvalue weighted by atomic mass is 16.5. The van der Waals surface area contributed by atoms with E-state index in [1.54, 1.807) is 7.11 Å². The fourth-order valence-electron chi connectivity index (χ4n) is 19.9. The second-order valence-corrected chi connectivity index (χ2v) is 36.9. The summed E-state index contributed by atoms with van der Waals surface area (Å²) >= 11 is 0. The summed E-state index contributed by atoms with van der Waals surface area (Å²) in [6.07, 6.45) is 20.3. The van der Waals surface area contributed by atoms with Gasteiger partial charge in [-0.2, -0.15) is 0 Å². The number of amides is 2. The molecule has 2 aromatic heterocycles. The number of methoxy groups -OCH3 is 1. The van der Waals surface area contributed by atoms with Crippen LogP contribution in [0.15, 0.2) is 129 Å². The first-order valence-electron chi connectivity index (χ1n) is 48.1. The number of rotatable bonds is 33. The van der Waals surface area contributed by atoms with E-state index >= 15 is 0 Å². The lowest BCUT2D eigenvalue weighted by Crippen LogP contribution is -2.44. The number of carbonyl (C=O) groups excluding carboxylic acids is 4. The fraction of sp³-hybridized carbons (Fsp3) is 0.537. The number of H-pyrrole nitrogens is 2. The average Bonchev–Trinajstić information content (AvgIpc) is 0.817. The molecular formula is C108H149N11O10. The minimum atomic E-state index is -0.178. The number of benzene rings is 5. The van der Waals surface area contributed by atoms with Crippen LogP contribution < -0.4 is 41.2 Å². The Morgan fingerprint density at radius 3 is 1.53 bits per heavy atom. The van der Waals surface area contributed by atoms with Crippen molar-refractivity contribution >= 4 is 40.4 Å². The van der Waals surface area contributed by atoms with Gasteiger partial charge in [0.1, 0.15) is 5.75 Å². The van der Waals surface area contributed by atoms with E-state index in [4.69, 9.17) is 18.9 Å². The van der Waals surface area contributed by atoms with Crippen LogP contribution in [0.25, 0.3) is 22.3 Å². The van der Waals surface area contributed by atoms with Gasteiger partial charge in [-0.3, -0.25) is 38.6 Å². The lowest BCUT2D eigenvalue weighted by molar-refractivity contribution is -0.115. The number of aryl methyl sites for hydroxylation is 4. The van der Waals surface area contributed by atoms with Gasteiger partial charge in [0.25, 0.3) is 22.9 Å². The molecule has 5 aromatic carbocycles. The molecule has 21 nitrogen and oxygen atoms in total. The number of Topliss-reactive ketones (excluding diaryl/α,β-unsaturated/α-hetero) is 2. The van der Waals surface area contributed by atoms with Crippen molar-refractivity contribution in [1.82, 2.24) is 40.2 Å². The fourth-order valence-corrected chi connectivity index (χ4v) is 19.9. The molecule has 2 saturated carbocycles. The number of piperidine rings is 1. The van der Waals surface area contributed by atoms with E-state index < -0.39 is 0 Å². The predicted octanol–water partition coefficient (Wildman–Crippen LogP) is 18.3. The van der Waals surface area contributed by atoms with Crippen LogP contribution in [-0.4, -0.2) is 210 Å². The number of aromatic nitrogens is 2. The zero-order chi connectivity index (χ0) is 92.4. The number of nitrogens with one attached hydrogen (secondary N) is 4. The molecule has 4 N–H and O–H groups in total.